The largest absolute Gasteiger partial charge is 0.393 e. The van der Waals surface area contributed by atoms with Gasteiger partial charge < -0.3 is 15.2 Å². The lowest BCUT2D eigenvalue weighted by Crippen LogP contribution is -2.49. The lowest BCUT2D eigenvalue weighted by atomic mass is 10.2. The number of nitrogens with one attached hydrogen (secondary N) is 1. The second kappa shape index (κ2) is 5.96. The van der Waals surface area contributed by atoms with Gasteiger partial charge >= 0.3 is 0 Å². The molecule has 3 unspecified atom stereocenters. The molecule has 4 heteroatoms. The molecule has 4 nitrogen and oxygen atoms in total. The summed E-state index contributed by atoms with van der Waals surface area (Å²) < 4.78 is 5.83. The second-order valence-electron chi connectivity index (χ2n) is 5.09. The van der Waals surface area contributed by atoms with Gasteiger partial charge in [-0.05, 0) is 39.3 Å². The van der Waals surface area contributed by atoms with Gasteiger partial charge in [0.2, 0.25) is 0 Å². The van der Waals surface area contributed by atoms with Crippen molar-refractivity contribution in [3.8, 4) is 0 Å². The Kier molecular flexibility index (Phi) is 4.58. The van der Waals surface area contributed by atoms with Crippen LogP contribution >= 0.6 is 0 Å². The standard InChI is InChI=1S/C12H24N2O2/c1-10(15)4-5-13-7-12-8-14-6-2-3-11(14)9-16-12/h10-13,15H,2-9H2,1H3. The van der Waals surface area contributed by atoms with Gasteiger partial charge in [-0.1, -0.05) is 0 Å². The lowest BCUT2D eigenvalue weighted by Gasteiger charge is -2.35. The zero-order valence-electron chi connectivity index (χ0n) is 10.2. The molecular weight excluding hydrogens is 204 g/mol. The molecule has 0 amide bonds. The number of aliphatic hydroxyl groups is 1. The van der Waals surface area contributed by atoms with Crippen molar-refractivity contribution in [1.82, 2.24) is 10.2 Å². The Balaban J connectivity index is 1.60. The highest BCUT2D eigenvalue weighted by Crippen LogP contribution is 2.22. The third-order valence-corrected chi connectivity index (χ3v) is 3.57. The summed E-state index contributed by atoms with van der Waals surface area (Å²) in [6, 6.07) is 0.689. The van der Waals surface area contributed by atoms with E-state index in [-0.39, 0.29) is 6.10 Å². The number of ether oxygens (including phenoxy) is 1. The molecule has 2 fully saturated rings. The molecule has 0 aromatic carbocycles. The Morgan fingerprint density at radius 2 is 2.44 bits per heavy atom. The molecule has 2 aliphatic heterocycles. The van der Waals surface area contributed by atoms with Gasteiger partial charge in [-0.2, -0.15) is 0 Å². The Hall–Kier alpha value is -0.160. The topological polar surface area (TPSA) is 44.7 Å². The molecule has 0 spiro atoms. The van der Waals surface area contributed by atoms with Crippen molar-refractivity contribution < 1.29 is 9.84 Å². The number of fused-ring (bicyclic) bond motifs is 1. The average Bonchev–Trinajstić information content (AvgIpc) is 2.71. The first-order valence-electron chi connectivity index (χ1n) is 6.50. The molecule has 94 valence electrons. The first-order chi connectivity index (χ1) is 7.75. The van der Waals surface area contributed by atoms with Crippen molar-refractivity contribution in [3.63, 3.8) is 0 Å². The summed E-state index contributed by atoms with van der Waals surface area (Å²) in [5, 5.41) is 12.5. The van der Waals surface area contributed by atoms with Gasteiger partial charge in [0.15, 0.2) is 0 Å². The van der Waals surface area contributed by atoms with E-state index in [1.165, 1.54) is 19.4 Å². The maximum absolute atomic E-state index is 9.13. The molecule has 2 saturated heterocycles. The second-order valence-corrected chi connectivity index (χ2v) is 5.09. The number of hydrogen-bond donors (Lipinski definition) is 2. The van der Waals surface area contributed by atoms with Crippen LogP contribution in [0.4, 0.5) is 0 Å². The summed E-state index contributed by atoms with van der Waals surface area (Å²) in [5.41, 5.74) is 0. The molecule has 2 N–H and O–H groups in total. The van der Waals surface area contributed by atoms with E-state index in [1.807, 2.05) is 6.92 Å². The highest BCUT2D eigenvalue weighted by molar-refractivity contribution is 4.85. The molecule has 0 aromatic rings. The maximum atomic E-state index is 9.13. The minimum absolute atomic E-state index is 0.206. The number of nitrogens with zero attached hydrogens (tertiary/aromatic N) is 1. The number of hydrogen-bond acceptors (Lipinski definition) is 4. The van der Waals surface area contributed by atoms with Crippen molar-refractivity contribution in [3.05, 3.63) is 0 Å². The first kappa shape index (κ1) is 12.3. The summed E-state index contributed by atoms with van der Waals surface area (Å²) in [4.78, 5) is 2.56. The SMILES string of the molecule is CC(O)CCNCC1CN2CCCC2CO1. The van der Waals surface area contributed by atoms with Crippen LogP contribution in [0.3, 0.4) is 0 Å². The summed E-state index contributed by atoms with van der Waals surface area (Å²) in [6.45, 7) is 6.85. The van der Waals surface area contributed by atoms with Crippen LogP contribution in [-0.2, 0) is 4.74 Å². The molecule has 0 saturated carbocycles. The molecule has 0 radical (unpaired) electrons. The Morgan fingerprint density at radius 1 is 1.56 bits per heavy atom. The fourth-order valence-corrected chi connectivity index (χ4v) is 2.58. The van der Waals surface area contributed by atoms with Gasteiger partial charge in [0.1, 0.15) is 0 Å². The van der Waals surface area contributed by atoms with Crippen molar-refractivity contribution >= 4 is 0 Å². The minimum Gasteiger partial charge on any atom is -0.393 e. The molecule has 0 aliphatic carbocycles. The third-order valence-electron chi connectivity index (χ3n) is 3.57. The maximum Gasteiger partial charge on any atom is 0.0826 e. The van der Waals surface area contributed by atoms with E-state index in [2.05, 4.69) is 10.2 Å². The molecular formula is C12H24N2O2. The first-order valence-corrected chi connectivity index (χ1v) is 6.50. The van der Waals surface area contributed by atoms with Gasteiger partial charge in [0, 0.05) is 19.1 Å². The quantitative estimate of drug-likeness (QED) is 0.660. The normalized spacial score (nSPS) is 32.6. The summed E-state index contributed by atoms with van der Waals surface area (Å²) in [5.74, 6) is 0. The Morgan fingerprint density at radius 3 is 3.25 bits per heavy atom. The lowest BCUT2D eigenvalue weighted by molar-refractivity contribution is -0.0470. The Bertz CT molecular complexity index is 211. The van der Waals surface area contributed by atoms with Crippen LogP contribution < -0.4 is 5.32 Å². The van der Waals surface area contributed by atoms with Crippen molar-refractivity contribution in [1.29, 1.82) is 0 Å². The predicted octanol–water partition coefficient (Wildman–Crippen LogP) is 0.210. The van der Waals surface area contributed by atoms with E-state index in [9.17, 15) is 0 Å². The monoisotopic (exact) mass is 228 g/mol. The van der Waals surface area contributed by atoms with Crippen molar-refractivity contribution in [2.45, 2.75) is 44.4 Å². The van der Waals surface area contributed by atoms with Gasteiger partial charge in [0.05, 0.1) is 18.8 Å². The fraction of sp³-hybridized carbons (Fsp3) is 1.00. The van der Waals surface area contributed by atoms with Crippen LogP contribution in [0.15, 0.2) is 0 Å². The Labute approximate surface area is 98.0 Å². The van der Waals surface area contributed by atoms with Crippen LogP contribution in [0, 0.1) is 0 Å². The molecule has 16 heavy (non-hydrogen) atoms. The van der Waals surface area contributed by atoms with Crippen LogP contribution in [-0.4, -0.2) is 61.0 Å². The van der Waals surface area contributed by atoms with Crippen molar-refractivity contribution in [2.24, 2.45) is 0 Å². The van der Waals surface area contributed by atoms with E-state index < -0.39 is 0 Å². The van der Waals surface area contributed by atoms with Crippen LogP contribution in [0.2, 0.25) is 0 Å². The van der Waals surface area contributed by atoms with E-state index in [0.29, 0.717) is 12.1 Å². The average molecular weight is 228 g/mol. The molecule has 0 aromatic heterocycles. The minimum atomic E-state index is -0.206. The molecule has 2 rings (SSSR count). The zero-order valence-corrected chi connectivity index (χ0v) is 10.2. The number of aliphatic hydroxyl groups excluding tert-OH is 1. The summed E-state index contributed by atoms with van der Waals surface area (Å²) >= 11 is 0. The third kappa shape index (κ3) is 3.42. The summed E-state index contributed by atoms with van der Waals surface area (Å²) in [7, 11) is 0. The van der Waals surface area contributed by atoms with Gasteiger partial charge in [0.25, 0.3) is 0 Å². The smallest absolute Gasteiger partial charge is 0.0826 e. The van der Waals surface area contributed by atoms with E-state index in [1.54, 1.807) is 0 Å². The van der Waals surface area contributed by atoms with E-state index in [4.69, 9.17) is 9.84 Å². The van der Waals surface area contributed by atoms with E-state index >= 15 is 0 Å². The fourth-order valence-electron chi connectivity index (χ4n) is 2.58. The number of rotatable bonds is 5. The molecule has 2 heterocycles. The van der Waals surface area contributed by atoms with Gasteiger partial charge in [-0.25, -0.2) is 0 Å². The van der Waals surface area contributed by atoms with Crippen LogP contribution in [0.25, 0.3) is 0 Å². The highest BCUT2D eigenvalue weighted by atomic mass is 16.5. The van der Waals surface area contributed by atoms with Crippen molar-refractivity contribution in [2.75, 3.05) is 32.8 Å². The molecule has 2 aliphatic rings. The molecule has 3 atom stereocenters. The zero-order chi connectivity index (χ0) is 11.4. The predicted molar refractivity (Wildman–Crippen MR) is 63.5 cm³/mol. The van der Waals surface area contributed by atoms with Crippen LogP contribution in [0.5, 0.6) is 0 Å². The highest BCUT2D eigenvalue weighted by Gasteiger charge is 2.31. The van der Waals surface area contributed by atoms with Gasteiger partial charge in [-0.3, -0.25) is 4.90 Å². The number of morpholine rings is 1. The molecule has 0 bridgehead atoms. The van der Waals surface area contributed by atoms with Gasteiger partial charge in [-0.15, -0.1) is 0 Å². The van der Waals surface area contributed by atoms with E-state index in [0.717, 1.165) is 32.7 Å². The summed E-state index contributed by atoms with van der Waals surface area (Å²) in [6.07, 6.45) is 3.59. The van der Waals surface area contributed by atoms with Crippen LogP contribution in [0.1, 0.15) is 26.2 Å².